The summed E-state index contributed by atoms with van der Waals surface area (Å²) in [7, 11) is 1.69. The van der Waals surface area contributed by atoms with Crippen LogP contribution in [0.15, 0.2) is 36.7 Å². The molecule has 0 aliphatic heterocycles. The highest BCUT2D eigenvalue weighted by atomic mass is 16.5. The van der Waals surface area contributed by atoms with Crippen molar-refractivity contribution in [3.05, 3.63) is 47.8 Å². The van der Waals surface area contributed by atoms with Crippen molar-refractivity contribution >= 4 is 0 Å². The maximum absolute atomic E-state index is 5.27. The Morgan fingerprint density at radius 2 is 2.00 bits per heavy atom. The molecule has 20 heavy (non-hydrogen) atoms. The number of ether oxygens (including phenoxy) is 1. The van der Waals surface area contributed by atoms with Gasteiger partial charge >= 0.3 is 0 Å². The fourth-order valence-electron chi connectivity index (χ4n) is 2.25. The summed E-state index contributed by atoms with van der Waals surface area (Å²) in [5.74, 6) is 0.891. The molecular formula is C16H23N3O. The summed E-state index contributed by atoms with van der Waals surface area (Å²) >= 11 is 0. The molecule has 1 N–H and O–H groups in total. The molecule has 1 aromatic carbocycles. The molecule has 0 saturated carbocycles. The van der Waals surface area contributed by atoms with Crippen LogP contribution in [0.25, 0.3) is 0 Å². The summed E-state index contributed by atoms with van der Waals surface area (Å²) in [4.78, 5) is 0. The van der Waals surface area contributed by atoms with Crippen LogP contribution in [0.1, 0.15) is 44.0 Å². The number of nitrogens with zero attached hydrogens (tertiary/aromatic N) is 2. The highest BCUT2D eigenvalue weighted by Gasteiger charge is 2.13. The lowest BCUT2D eigenvalue weighted by atomic mass is 10.1. The van der Waals surface area contributed by atoms with E-state index < -0.39 is 0 Å². The third kappa shape index (κ3) is 3.39. The normalized spacial score (nSPS) is 14.0. The summed E-state index contributed by atoms with van der Waals surface area (Å²) in [6, 6.07) is 8.68. The average molecular weight is 273 g/mol. The van der Waals surface area contributed by atoms with E-state index in [1.165, 1.54) is 11.1 Å². The zero-order valence-corrected chi connectivity index (χ0v) is 12.6. The lowest BCUT2D eigenvalue weighted by Crippen LogP contribution is -2.22. The minimum atomic E-state index is 0.255. The molecule has 1 heterocycles. The molecule has 0 bridgehead atoms. The molecule has 2 atom stereocenters. The Labute approximate surface area is 120 Å². The molecule has 0 aliphatic rings. The number of nitrogens with one attached hydrogen (secondary N) is 1. The van der Waals surface area contributed by atoms with Gasteiger partial charge in [0.25, 0.3) is 0 Å². The molecule has 0 amide bonds. The second kappa shape index (κ2) is 6.57. The molecule has 0 fully saturated rings. The van der Waals surface area contributed by atoms with Crippen LogP contribution in [0.4, 0.5) is 0 Å². The molecule has 2 rings (SSSR count). The van der Waals surface area contributed by atoms with E-state index in [1.54, 1.807) is 7.11 Å². The Morgan fingerprint density at radius 1 is 1.25 bits per heavy atom. The predicted octanol–water partition coefficient (Wildman–Crippen LogP) is 3.32. The monoisotopic (exact) mass is 273 g/mol. The molecule has 0 radical (unpaired) electrons. The smallest absolute Gasteiger partial charge is 0.119 e. The van der Waals surface area contributed by atoms with Crippen LogP contribution in [0.5, 0.6) is 5.75 Å². The maximum Gasteiger partial charge on any atom is 0.119 e. The van der Waals surface area contributed by atoms with E-state index in [0.29, 0.717) is 0 Å². The number of hydrogen-bond donors (Lipinski definition) is 1. The number of methoxy groups -OCH3 is 1. The molecule has 0 aliphatic carbocycles. The molecule has 4 nitrogen and oxygen atoms in total. The van der Waals surface area contributed by atoms with Crippen molar-refractivity contribution < 1.29 is 4.74 Å². The van der Waals surface area contributed by atoms with Gasteiger partial charge < -0.3 is 10.1 Å². The SMILES string of the molecule is CCn1cc(C(C)NC(C)c2cccc(OC)c2)cn1. The first-order chi connectivity index (χ1) is 9.63. The Balaban J connectivity index is 2.04. The first kappa shape index (κ1) is 14.6. The molecule has 2 unspecified atom stereocenters. The van der Waals surface area contributed by atoms with Crippen molar-refractivity contribution in [3.8, 4) is 5.75 Å². The topological polar surface area (TPSA) is 39.1 Å². The van der Waals surface area contributed by atoms with E-state index in [4.69, 9.17) is 4.74 Å². The van der Waals surface area contributed by atoms with Gasteiger partial charge in [-0.05, 0) is 38.5 Å². The average Bonchev–Trinajstić information content (AvgIpc) is 2.96. The van der Waals surface area contributed by atoms with Crippen molar-refractivity contribution in [2.45, 2.75) is 39.4 Å². The second-order valence-corrected chi connectivity index (χ2v) is 5.02. The van der Waals surface area contributed by atoms with Crippen molar-refractivity contribution in [1.29, 1.82) is 0 Å². The summed E-state index contributed by atoms with van der Waals surface area (Å²) < 4.78 is 7.22. The van der Waals surface area contributed by atoms with Gasteiger partial charge in [-0.15, -0.1) is 0 Å². The van der Waals surface area contributed by atoms with Crippen molar-refractivity contribution in [2.75, 3.05) is 7.11 Å². The molecule has 0 spiro atoms. The standard InChI is InChI=1S/C16H23N3O/c1-5-19-11-15(10-17-19)13(3)18-12(2)14-7-6-8-16(9-14)20-4/h6-13,18H,5H2,1-4H3. The van der Waals surface area contributed by atoms with Crippen LogP contribution in [0.3, 0.4) is 0 Å². The van der Waals surface area contributed by atoms with Crippen molar-refractivity contribution in [3.63, 3.8) is 0 Å². The Bertz CT molecular complexity index is 550. The minimum absolute atomic E-state index is 0.255. The lowest BCUT2D eigenvalue weighted by Gasteiger charge is -2.20. The molecule has 0 saturated heterocycles. The second-order valence-electron chi connectivity index (χ2n) is 5.02. The quantitative estimate of drug-likeness (QED) is 0.877. The van der Waals surface area contributed by atoms with Gasteiger partial charge in [0.05, 0.1) is 13.3 Å². The van der Waals surface area contributed by atoms with Gasteiger partial charge in [0, 0.05) is 30.4 Å². The Morgan fingerprint density at radius 3 is 2.65 bits per heavy atom. The van der Waals surface area contributed by atoms with E-state index >= 15 is 0 Å². The van der Waals surface area contributed by atoms with Gasteiger partial charge in [-0.25, -0.2) is 0 Å². The number of hydrogen-bond acceptors (Lipinski definition) is 3. The summed E-state index contributed by atoms with van der Waals surface area (Å²) in [6.07, 6.45) is 4.02. The summed E-state index contributed by atoms with van der Waals surface area (Å²) in [6.45, 7) is 7.31. The number of rotatable bonds is 6. The maximum atomic E-state index is 5.27. The fraction of sp³-hybridized carbons (Fsp3) is 0.438. The van der Waals surface area contributed by atoms with Gasteiger partial charge in [0.15, 0.2) is 0 Å². The molecule has 4 heteroatoms. The fourth-order valence-corrected chi connectivity index (χ4v) is 2.25. The minimum Gasteiger partial charge on any atom is -0.497 e. The van der Waals surface area contributed by atoms with E-state index in [-0.39, 0.29) is 12.1 Å². The number of aryl methyl sites for hydroxylation is 1. The third-order valence-corrected chi connectivity index (χ3v) is 3.57. The summed E-state index contributed by atoms with van der Waals surface area (Å²) in [5, 5.41) is 7.91. The van der Waals surface area contributed by atoms with E-state index in [1.807, 2.05) is 23.0 Å². The molecular weight excluding hydrogens is 250 g/mol. The molecule has 1 aromatic heterocycles. The third-order valence-electron chi connectivity index (χ3n) is 3.57. The lowest BCUT2D eigenvalue weighted by molar-refractivity contribution is 0.412. The van der Waals surface area contributed by atoms with E-state index in [2.05, 4.69) is 49.5 Å². The van der Waals surface area contributed by atoms with Crippen LogP contribution < -0.4 is 10.1 Å². The largest absolute Gasteiger partial charge is 0.497 e. The van der Waals surface area contributed by atoms with Gasteiger partial charge in [-0.1, -0.05) is 12.1 Å². The van der Waals surface area contributed by atoms with Crippen molar-refractivity contribution in [1.82, 2.24) is 15.1 Å². The highest BCUT2D eigenvalue weighted by molar-refractivity contribution is 5.30. The van der Waals surface area contributed by atoms with Crippen molar-refractivity contribution in [2.24, 2.45) is 0 Å². The number of benzene rings is 1. The zero-order valence-electron chi connectivity index (χ0n) is 12.6. The molecule has 108 valence electrons. The van der Waals surface area contributed by atoms with Gasteiger partial charge in [-0.2, -0.15) is 5.10 Å². The predicted molar refractivity (Wildman–Crippen MR) is 80.9 cm³/mol. The Kier molecular flexibility index (Phi) is 4.79. The Hall–Kier alpha value is -1.81. The van der Waals surface area contributed by atoms with Gasteiger partial charge in [-0.3, -0.25) is 4.68 Å². The first-order valence-electron chi connectivity index (χ1n) is 7.06. The zero-order chi connectivity index (χ0) is 14.5. The van der Waals surface area contributed by atoms with Crippen LogP contribution in [-0.2, 0) is 6.54 Å². The van der Waals surface area contributed by atoms with Crippen LogP contribution >= 0.6 is 0 Å². The molecule has 2 aromatic rings. The summed E-state index contributed by atoms with van der Waals surface area (Å²) in [5.41, 5.74) is 2.43. The van der Waals surface area contributed by atoms with Crippen LogP contribution in [0.2, 0.25) is 0 Å². The van der Waals surface area contributed by atoms with Gasteiger partial charge in [0.2, 0.25) is 0 Å². The first-order valence-corrected chi connectivity index (χ1v) is 7.06. The highest BCUT2D eigenvalue weighted by Crippen LogP contribution is 2.22. The van der Waals surface area contributed by atoms with Crippen LogP contribution in [-0.4, -0.2) is 16.9 Å². The van der Waals surface area contributed by atoms with E-state index in [9.17, 15) is 0 Å². The van der Waals surface area contributed by atoms with Gasteiger partial charge in [0.1, 0.15) is 5.75 Å². The van der Waals surface area contributed by atoms with E-state index in [0.717, 1.165) is 12.3 Å². The number of aromatic nitrogens is 2. The van der Waals surface area contributed by atoms with Crippen LogP contribution in [0, 0.1) is 0 Å².